The number of hydrogen-bond acceptors (Lipinski definition) is 15. The van der Waals surface area contributed by atoms with Crippen LogP contribution in [0.1, 0.15) is 355 Å². The predicted molar refractivity (Wildman–Crippen MR) is 368 cm³/mol. The number of unbranched alkanes of at least 4 members (excludes halogenated alkanes) is 42. The second-order valence-corrected chi connectivity index (χ2v) is 28.2. The maximum atomic E-state index is 13.0. The first-order valence-electron chi connectivity index (χ1n) is 37.1. The van der Waals surface area contributed by atoms with Crippen LogP contribution >= 0.6 is 15.6 Å². The van der Waals surface area contributed by atoms with Crippen molar-refractivity contribution in [2.24, 2.45) is 0 Å². The number of hydrogen-bond donors (Lipinski definition) is 3. The highest BCUT2D eigenvalue weighted by Gasteiger charge is 2.30. The van der Waals surface area contributed by atoms with Gasteiger partial charge in [-0.25, -0.2) is 9.13 Å². The summed E-state index contributed by atoms with van der Waals surface area (Å²) >= 11 is 0. The van der Waals surface area contributed by atoms with Gasteiger partial charge >= 0.3 is 39.5 Å². The van der Waals surface area contributed by atoms with Gasteiger partial charge in [0.1, 0.15) is 19.3 Å². The molecule has 0 saturated heterocycles. The summed E-state index contributed by atoms with van der Waals surface area (Å²) in [6, 6.07) is 0. The zero-order valence-electron chi connectivity index (χ0n) is 58.3. The zero-order valence-corrected chi connectivity index (χ0v) is 60.1. The molecule has 0 heterocycles. The first-order valence-corrected chi connectivity index (χ1v) is 40.1. The number of aliphatic hydroxyl groups is 1. The largest absolute Gasteiger partial charge is 0.472 e. The molecule has 5 atom stereocenters. The number of esters is 4. The molecule has 0 saturated carbocycles. The Balaban J connectivity index is 5.27. The van der Waals surface area contributed by atoms with Gasteiger partial charge in [-0.05, 0) is 51.4 Å². The first-order chi connectivity index (χ1) is 44.2. The Morgan fingerprint density at radius 1 is 0.308 bits per heavy atom. The van der Waals surface area contributed by atoms with Crippen LogP contribution in [0.4, 0.5) is 0 Å². The van der Waals surface area contributed by atoms with Crippen LogP contribution in [0.3, 0.4) is 0 Å². The van der Waals surface area contributed by atoms with Gasteiger partial charge in [0.05, 0.1) is 26.4 Å². The topological polar surface area (TPSA) is 237 Å². The molecule has 2 unspecified atom stereocenters. The Morgan fingerprint density at radius 2 is 0.527 bits per heavy atom. The van der Waals surface area contributed by atoms with Gasteiger partial charge in [-0.1, -0.05) is 302 Å². The molecule has 0 bridgehead atoms. The fraction of sp³-hybridized carbons (Fsp3) is 0.889. The van der Waals surface area contributed by atoms with Crippen molar-refractivity contribution in [3.05, 3.63) is 24.3 Å². The maximum absolute atomic E-state index is 13.0. The summed E-state index contributed by atoms with van der Waals surface area (Å²) < 4.78 is 68.3. The van der Waals surface area contributed by atoms with E-state index in [1.54, 1.807) is 0 Å². The van der Waals surface area contributed by atoms with Gasteiger partial charge in [0.2, 0.25) is 0 Å². The van der Waals surface area contributed by atoms with Crippen molar-refractivity contribution >= 4 is 39.5 Å². The Labute approximate surface area is 554 Å². The fourth-order valence-electron chi connectivity index (χ4n) is 10.5. The number of carbonyl (C=O) groups excluding carboxylic acids is 4. The molecule has 0 amide bonds. The molecule has 91 heavy (non-hydrogen) atoms. The van der Waals surface area contributed by atoms with Crippen molar-refractivity contribution < 1.29 is 80.2 Å². The van der Waals surface area contributed by atoms with Crippen molar-refractivity contribution in [2.75, 3.05) is 39.6 Å². The van der Waals surface area contributed by atoms with Gasteiger partial charge in [-0.2, -0.15) is 0 Å². The van der Waals surface area contributed by atoms with E-state index in [0.29, 0.717) is 25.7 Å². The van der Waals surface area contributed by atoms with Gasteiger partial charge in [0.15, 0.2) is 12.2 Å². The second kappa shape index (κ2) is 66.2. The molecular formula is C72H136O17P2. The third-order valence-corrected chi connectivity index (χ3v) is 18.1. The Kier molecular flexibility index (Phi) is 64.4. The quantitative estimate of drug-likeness (QED) is 0.0169. The van der Waals surface area contributed by atoms with Gasteiger partial charge in [-0.3, -0.25) is 37.3 Å². The van der Waals surface area contributed by atoms with E-state index in [-0.39, 0.29) is 25.7 Å². The normalized spacial score (nSPS) is 14.1. The smallest absolute Gasteiger partial charge is 0.462 e. The van der Waals surface area contributed by atoms with Crippen molar-refractivity contribution in [3.8, 4) is 0 Å². The Hall–Kier alpha value is -2.46. The molecule has 0 aliphatic heterocycles. The molecule has 0 aromatic rings. The minimum absolute atomic E-state index is 0.0859. The third-order valence-electron chi connectivity index (χ3n) is 16.2. The first kappa shape index (κ1) is 88.5. The van der Waals surface area contributed by atoms with Gasteiger partial charge in [-0.15, -0.1) is 0 Å². The van der Waals surface area contributed by atoms with E-state index in [4.69, 9.17) is 37.0 Å². The number of allylic oxidation sites excluding steroid dienone is 4. The lowest BCUT2D eigenvalue weighted by Gasteiger charge is -2.21. The molecule has 19 heteroatoms. The van der Waals surface area contributed by atoms with Gasteiger partial charge in [0.25, 0.3) is 0 Å². The van der Waals surface area contributed by atoms with Crippen LogP contribution in [0, 0.1) is 0 Å². The summed E-state index contributed by atoms with van der Waals surface area (Å²) in [5, 5.41) is 10.6. The fourth-order valence-corrected chi connectivity index (χ4v) is 12.1. The minimum Gasteiger partial charge on any atom is -0.462 e. The van der Waals surface area contributed by atoms with E-state index >= 15 is 0 Å². The number of carbonyl (C=O) groups is 4. The second-order valence-electron chi connectivity index (χ2n) is 25.3. The molecule has 0 aliphatic rings. The van der Waals surface area contributed by atoms with Gasteiger partial charge in [0, 0.05) is 25.7 Å². The number of phosphoric ester groups is 2. The van der Waals surface area contributed by atoms with Crippen LogP contribution in [0.5, 0.6) is 0 Å². The molecule has 0 radical (unpaired) electrons. The summed E-state index contributed by atoms with van der Waals surface area (Å²) in [5.41, 5.74) is 0. The summed E-state index contributed by atoms with van der Waals surface area (Å²) in [7, 11) is -9.91. The van der Waals surface area contributed by atoms with Crippen LogP contribution in [0.2, 0.25) is 0 Å². The van der Waals surface area contributed by atoms with Gasteiger partial charge < -0.3 is 33.8 Å². The molecule has 0 fully saturated rings. The Morgan fingerprint density at radius 3 is 0.802 bits per heavy atom. The van der Waals surface area contributed by atoms with Crippen LogP contribution in [0.25, 0.3) is 0 Å². The van der Waals surface area contributed by atoms with Crippen LogP contribution in [0.15, 0.2) is 24.3 Å². The van der Waals surface area contributed by atoms with E-state index < -0.39 is 97.5 Å². The van der Waals surface area contributed by atoms with Crippen molar-refractivity contribution in [2.45, 2.75) is 373 Å². The number of aliphatic hydroxyl groups excluding tert-OH is 1. The lowest BCUT2D eigenvalue weighted by atomic mass is 10.0. The average Bonchev–Trinajstić information content (AvgIpc) is 3.69. The summed E-state index contributed by atoms with van der Waals surface area (Å²) in [6.45, 7) is 4.88. The molecule has 0 rings (SSSR count). The monoisotopic (exact) mass is 1330 g/mol. The Bertz CT molecular complexity index is 1830. The zero-order chi connectivity index (χ0) is 66.8. The third kappa shape index (κ3) is 66.0. The molecule has 0 aromatic carbocycles. The maximum Gasteiger partial charge on any atom is 0.472 e. The molecule has 0 aromatic heterocycles. The molecular weight excluding hydrogens is 1200 g/mol. The molecule has 536 valence electrons. The van der Waals surface area contributed by atoms with Crippen LogP contribution < -0.4 is 0 Å². The highest BCUT2D eigenvalue weighted by Crippen LogP contribution is 2.45. The SMILES string of the molecule is CCCCCC/C=C\C=C/CCCCCCCC(=O)O[C@H](COC(=O)CCCCCCCCCCCCCCCCC)COP(=O)(O)OC[C@@H](O)COP(=O)(O)OC[C@@H](COC(=O)CCCCCCCCCCC)OC(=O)CCCCCCCCCCCCCC. The molecule has 3 N–H and O–H groups in total. The van der Waals surface area contributed by atoms with Crippen LogP contribution in [-0.2, 0) is 65.4 Å². The van der Waals surface area contributed by atoms with E-state index in [0.717, 1.165) is 103 Å². The standard InChI is InChI=1S/C72H136O17P2/c1-5-9-13-17-21-25-28-31-33-35-38-41-45-49-53-57-70(75)83-63-68(89-72(77)59-55-51-47-43-39-36-34-32-29-26-22-18-14-10-6-2)65-87-91(80,81)85-61-66(73)60-84-90(78,79)86-64-67(62-82-69(74)56-52-48-44-40-24-20-16-12-8-4)88-71(76)58-54-50-46-42-37-30-27-23-19-15-11-7-3/h26,29,32,34,66-68,73H,5-25,27-28,30-31,33,35-65H2,1-4H3,(H,78,79)(H,80,81)/b29-26-,34-32-/t66-,67+,68+/m0/s1. The molecule has 0 spiro atoms. The van der Waals surface area contributed by atoms with E-state index in [9.17, 15) is 43.2 Å². The van der Waals surface area contributed by atoms with E-state index in [1.165, 1.54) is 173 Å². The number of phosphoric acid groups is 2. The highest BCUT2D eigenvalue weighted by molar-refractivity contribution is 7.47. The predicted octanol–water partition coefficient (Wildman–Crippen LogP) is 20.6. The van der Waals surface area contributed by atoms with Crippen molar-refractivity contribution in [3.63, 3.8) is 0 Å². The van der Waals surface area contributed by atoms with Crippen molar-refractivity contribution in [1.82, 2.24) is 0 Å². The minimum atomic E-state index is -4.96. The van der Waals surface area contributed by atoms with Crippen molar-refractivity contribution in [1.29, 1.82) is 0 Å². The highest BCUT2D eigenvalue weighted by atomic mass is 31.2. The lowest BCUT2D eigenvalue weighted by Crippen LogP contribution is -2.30. The van der Waals surface area contributed by atoms with E-state index in [1.807, 2.05) is 0 Å². The number of ether oxygens (including phenoxy) is 4. The summed E-state index contributed by atoms with van der Waals surface area (Å²) in [5.74, 6) is -2.15. The molecule has 0 aliphatic carbocycles. The summed E-state index contributed by atoms with van der Waals surface area (Å²) in [6.07, 6.45) is 57.5. The molecule has 17 nitrogen and oxygen atoms in total. The lowest BCUT2D eigenvalue weighted by molar-refractivity contribution is -0.161. The number of rotatable bonds is 71. The summed E-state index contributed by atoms with van der Waals surface area (Å²) in [4.78, 5) is 72.6. The van der Waals surface area contributed by atoms with E-state index in [2.05, 4.69) is 52.0 Å². The average molecular weight is 1340 g/mol. The van der Waals surface area contributed by atoms with Crippen LogP contribution in [-0.4, -0.2) is 96.7 Å².